The van der Waals surface area contributed by atoms with E-state index in [1.54, 1.807) is 7.11 Å². The van der Waals surface area contributed by atoms with Crippen molar-refractivity contribution in [3.05, 3.63) is 0 Å². The van der Waals surface area contributed by atoms with Crippen molar-refractivity contribution in [2.45, 2.75) is 33.1 Å². The van der Waals surface area contributed by atoms with Crippen molar-refractivity contribution in [1.29, 1.82) is 0 Å². The van der Waals surface area contributed by atoms with Crippen LogP contribution in [-0.2, 0) is 9.53 Å². The lowest BCUT2D eigenvalue weighted by atomic mass is 10.1. The molecule has 0 saturated carbocycles. The minimum absolute atomic E-state index is 0.146. The molecular formula is C10H21NO2. The third-order valence-electron chi connectivity index (χ3n) is 1.99. The fourth-order valence-electron chi connectivity index (χ4n) is 1.17. The van der Waals surface area contributed by atoms with E-state index in [0.717, 1.165) is 25.8 Å². The van der Waals surface area contributed by atoms with Gasteiger partial charge in [-0.3, -0.25) is 4.79 Å². The van der Waals surface area contributed by atoms with Crippen LogP contribution in [0.15, 0.2) is 0 Å². The van der Waals surface area contributed by atoms with Crippen LogP contribution < -0.4 is 5.32 Å². The summed E-state index contributed by atoms with van der Waals surface area (Å²) < 4.78 is 4.88. The van der Waals surface area contributed by atoms with E-state index in [1.165, 1.54) is 0 Å². The molecule has 0 fully saturated rings. The van der Waals surface area contributed by atoms with E-state index in [1.807, 2.05) is 6.92 Å². The maximum atomic E-state index is 11.3. The Hall–Kier alpha value is -0.570. The molecule has 13 heavy (non-hydrogen) atoms. The molecule has 0 aliphatic heterocycles. The van der Waals surface area contributed by atoms with Gasteiger partial charge in [-0.15, -0.1) is 0 Å². The van der Waals surface area contributed by atoms with Gasteiger partial charge >= 0.3 is 0 Å². The lowest BCUT2D eigenvalue weighted by Crippen LogP contribution is -2.30. The van der Waals surface area contributed by atoms with Crippen molar-refractivity contribution >= 4 is 5.91 Å². The van der Waals surface area contributed by atoms with Crippen LogP contribution in [0.4, 0.5) is 0 Å². The highest BCUT2D eigenvalue weighted by atomic mass is 16.5. The molecule has 0 spiro atoms. The fourth-order valence-corrected chi connectivity index (χ4v) is 1.17. The van der Waals surface area contributed by atoms with Crippen molar-refractivity contribution in [3.63, 3.8) is 0 Å². The van der Waals surface area contributed by atoms with Gasteiger partial charge in [0.05, 0.1) is 0 Å². The number of rotatable bonds is 7. The van der Waals surface area contributed by atoms with Gasteiger partial charge in [0.2, 0.25) is 5.91 Å². The van der Waals surface area contributed by atoms with Gasteiger partial charge in [-0.2, -0.15) is 0 Å². The van der Waals surface area contributed by atoms with Crippen LogP contribution in [0, 0.1) is 5.92 Å². The Kier molecular flexibility index (Phi) is 7.69. The SMILES string of the molecule is CCCC(C)C(=O)NCCCOC. The molecule has 0 saturated heterocycles. The molecule has 1 N–H and O–H groups in total. The summed E-state index contributed by atoms with van der Waals surface area (Å²) in [4.78, 5) is 11.3. The first-order valence-corrected chi connectivity index (χ1v) is 4.99. The molecule has 1 atom stereocenters. The van der Waals surface area contributed by atoms with Crippen LogP contribution in [0.5, 0.6) is 0 Å². The second kappa shape index (κ2) is 8.05. The summed E-state index contributed by atoms with van der Waals surface area (Å²) in [6.07, 6.45) is 2.92. The Labute approximate surface area is 80.8 Å². The molecule has 1 unspecified atom stereocenters. The van der Waals surface area contributed by atoms with Gasteiger partial charge in [0.1, 0.15) is 0 Å². The van der Waals surface area contributed by atoms with E-state index in [0.29, 0.717) is 6.61 Å². The zero-order valence-corrected chi connectivity index (χ0v) is 8.93. The van der Waals surface area contributed by atoms with Crippen LogP contribution in [0.25, 0.3) is 0 Å². The number of nitrogens with one attached hydrogen (secondary N) is 1. The topological polar surface area (TPSA) is 38.3 Å². The largest absolute Gasteiger partial charge is 0.385 e. The number of methoxy groups -OCH3 is 1. The molecule has 0 aliphatic carbocycles. The highest BCUT2D eigenvalue weighted by Crippen LogP contribution is 2.04. The molecular weight excluding hydrogens is 166 g/mol. The summed E-state index contributed by atoms with van der Waals surface area (Å²) in [7, 11) is 1.67. The average Bonchev–Trinajstić information content (AvgIpc) is 2.12. The lowest BCUT2D eigenvalue weighted by molar-refractivity contribution is -0.124. The maximum absolute atomic E-state index is 11.3. The van der Waals surface area contributed by atoms with Crippen molar-refractivity contribution in [3.8, 4) is 0 Å². The standard InChI is InChI=1S/C10H21NO2/c1-4-6-9(2)10(12)11-7-5-8-13-3/h9H,4-8H2,1-3H3,(H,11,12). The Balaban J connectivity index is 3.38. The molecule has 3 nitrogen and oxygen atoms in total. The van der Waals surface area contributed by atoms with E-state index < -0.39 is 0 Å². The predicted molar refractivity (Wildman–Crippen MR) is 53.6 cm³/mol. The van der Waals surface area contributed by atoms with Gasteiger partial charge < -0.3 is 10.1 Å². The summed E-state index contributed by atoms with van der Waals surface area (Å²) in [5.41, 5.74) is 0. The highest BCUT2D eigenvalue weighted by molar-refractivity contribution is 5.78. The summed E-state index contributed by atoms with van der Waals surface area (Å²) in [5, 5.41) is 2.88. The number of hydrogen-bond acceptors (Lipinski definition) is 2. The number of ether oxygens (including phenoxy) is 1. The van der Waals surface area contributed by atoms with E-state index in [-0.39, 0.29) is 11.8 Å². The maximum Gasteiger partial charge on any atom is 0.222 e. The lowest BCUT2D eigenvalue weighted by Gasteiger charge is -2.10. The number of hydrogen-bond donors (Lipinski definition) is 1. The molecule has 0 rings (SSSR count). The van der Waals surface area contributed by atoms with Gasteiger partial charge in [0, 0.05) is 26.2 Å². The van der Waals surface area contributed by atoms with Gasteiger partial charge in [0.25, 0.3) is 0 Å². The van der Waals surface area contributed by atoms with E-state index >= 15 is 0 Å². The highest BCUT2D eigenvalue weighted by Gasteiger charge is 2.09. The van der Waals surface area contributed by atoms with Gasteiger partial charge in [-0.25, -0.2) is 0 Å². The molecule has 0 aromatic heterocycles. The Bertz CT molecular complexity index is 137. The quantitative estimate of drug-likeness (QED) is 0.614. The van der Waals surface area contributed by atoms with Crippen LogP contribution in [-0.4, -0.2) is 26.2 Å². The molecule has 0 aromatic rings. The Morgan fingerprint density at radius 2 is 2.23 bits per heavy atom. The first-order valence-electron chi connectivity index (χ1n) is 4.99. The minimum Gasteiger partial charge on any atom is -0.385 e. The second-order valence-electron chi connectivity index (χ2n) is 3.33. The molecule has 0 aliphatic rings. The molecule has 0 radical (unpaired) electrons. The second-order valence-corrected chi connectivity index (χ2v) is 3.33. The summed E-state index contributed by atoms with van der Waals surface area (Å²) in [6.45, 7) is 5.49. The summed E-state index contributed by atoms with van der Waals surface area (Å²) in [6, 6.07) is 0. The zero-order chi connectivity index (χ0) is 10.1. The van der Waals surface area contributed by atoms with Crippen molar-refractivity contribution in [1.82, 2.24) is 5.32 Å². The molecule has 78 valence electrons. The molecule has 3 heteroatoms. The van der Waals surface area contributed by atoms with Crippen LogP contribution in [0.3, 0.4) is 0 Å². The monoisotopic (exact) mass is 187 g/mol. The van der Waals surface area contributed by atoms with E-state index in [9.17, 15) is 4.79 Å². The van der Waals surface area contributed by atoms with Crippen molar-refractivity contribution < 1.29 is 9.53 Å². The minimum atomic E-state index is 0.146. The Morgan fingerprint density at radius 3 is 2.77 bits per heavy atom. The van der Waals surface area contributed by atoms with E-state index in [2.05, 4.69) is 12.2 Å². The number of carbonyl (C=O) groups excluding carboxylic acids is 1. The van der Waals surface area contributed by atoms with Crippen molar-refractivity contribution in [2.24, 2.45) is 5.92 Å². The van der Waals surface area contributed by atoms with Crippen LogP contribution in [0.1, 0.15) is 33.1 Å². The van der Waals surface area contributed by atoms with Crippen LogP contribution in [0.2, 0.25) is 0 Å². The third kappa shape index (κ3) is 6.58. The fraction of sp³-hybridized carbons (Fsp3) is 0.900. The molecule has 0 heterocycles. The smallest absolute Gasteiger partial charge is 0.222 e. The summed E-state index contributed by atoms with van der Waals surface area (Å²) >= 11 is 0. The van der Waals surface area contributed by atoms with Gasteiger partial charge in [0.15, 0.2) is 0 Å². The van der Waals surface area contributed by atoms with Gasteiger partial charge in [-0.1, -0.05) is 20.3 Å². The average molecular weight is 187 g/mol. The van der Waals surface area contributed by atoms with E-state index in [4.69, 9.17) is 4.74 Å². The number of carbonyl (C=O) groups is 1. The first kappa shape index (κ1) is 12.4. The first-order chi connectivity index (χ1) is 6.22. The van der Waals surface area contributed by atoms with Crippen LogP contribution >= 0.6 is 0 Å². The third-order valence-corrected chi connectivity index (χ3v) is 1.99. The Morgan fingerprint density at radius 1 is 1.54 bits per heavy atom. The van der Waals surface area contributed by atoms with Crippen molar-refractivity contribution in [2.75, 3.05) is 20.3 Å². The zero-order valence-electron chi connectivity index (χ0n) is 8.93. The molecule has 0 bridgehead atoms. The number of amides is 1. The normalized spacial score (nSPS) is 12.5. The molecule has 1 amide bonds. The molecule has 0 aromatic carbocycles. The summed E-state index contributed by atoms with van der Waals surface area (Å²) in [5.74, 6) is 0.311. The predicted octanol–water partition coefficient (Wildman–Crippen LogP) is 1.58. The van der Waals surface area contributed by atoms with Gasteiger partial charge in [-0.05, 0) is 12.8 Å².